The summed E-state index contributed by atoms with van der Waals surface area (Å²) in [6.45, 7) is 11.3. The Morgan fingerprint density at radius 3 is 2.59 bits per heavy atom. The van der Waals surface area contributed by atoms with Crippen molar-refractivity contribution in [2.75, 3.05) is 40.5 Å². The van der Waals surface area contributed by atoms with Gasteiger partial charge in [0.15, 0.2) is 5.82 Å². The van der Waals surface area contributed by atoms with E-state index in [-0.39, 0.29) is 18.9 Å². The van der Waals surface area contributed by atoms with Gasteiger partial charge in [0.25, 0.3) is 0 Å². The second kappa shape index (κ2) is 20.0. The molecule has 7 rings (SSSR count). The largest absolute Gasteiger partial charge is 0.497 e. The Hall–Kier alpha value is -6.02. The number of ether oxygens (including phenoxy) is 5. The minimum atomic E-state index is -1.35. The SMILES string of the molecule is C=C/C(C[C@@H](Oc1nsc2cnc(-c3cccc(OC)c3)c(-c3ccc(OCCN4CCCCC4)c(Cl)c3C)c12)C(=O)O)=C(\C)OCc1ccnc(-c2ccccc2OC)n1. The van der Waals surface area contributed by atoms with Crippen LogP contribution < -0.4 is 18.9 Å². The van der Waals surface area contributed by atoms with Gasteiger partial charge in [0.1, 0.15) is 30.5 Å². The number of fused-ring (bicyclic) bond motifs is 1. The molecule has 1 aliphatic rings. The number of carboxylic acids is 1. The van der Waals surface area contributed by atoms with E-state index in [1.54, 1.807) is 45.7 Å². The summed E-state index contributed by atoms with van der Waals surface area (Å²) < 4.78 is 35.2. The molecule has 316 valence electrons. The second-order valence-corrected chi connectivity index (χ2v) is 15.7. The Balaban J connectivity index is 1.19. The molecule has 0 spiro atoms. The molecule has 0 saturated carbocycles. The van der Waals surface area contributed by atoms with Crippen molar-refractivity contribution in [1.82, 2.24) is 24.2 Å². The summed E-state index contributed by atoms with van der Waals surface area (Å²) in [6, 6.07) is 20.7. The summed E-state index contributed by atoms with van der Waals surface area (Å²) in [5.74, 6) is 1.83. The number of hydrogen-bond donors (Lipinski definition) is 1. The van der Waals surface area contributed by atoms with Crippen molar-refractivity contribution < 1.29 is 33.6 Å². The van der Waals surface area contributed by atoms with Gasteiger partial charge in [-0.2, -0.15) is 4.37 Å². The smallest absolute Gasteiger partial charge is 0.345 e. The van der Waals surface area contributed by atoms with E-state index in [4.69, 9.17) is 40.3 Å². The summed E-state index contributed by atoms with van der Waals surface area (Å²) in [4.78, 5) is 29.4. The zero-order valence-electron chi connectivity index (χ0n) is 34.7. The third-order valence-corrected chi connectivity index (χ3v) is 11.9. The molecular formula is C47H48ClN5O7S. The third kappa shape index (κ3) is 9.97. The van der Waals surface area contributed by atoms with Gasteiger partial charge in [-0.15, -0.1) is 0 Å². The fourth-order valence-corrected chi connectivity index (χ4v) is 8.26. The number of piperidine rings is 1. The van der Waals surface area contributed by atoms with Gasteiger partial charge >= 0.3 is 5.97 Å². The zero-order chi connectivity index (χ0) is 42.9. The van der Waals surface area contributed by atoms with Gasteiger partial charge in [-0.25, -0.2) is 14.8 Å². The number of carboxylic acid groups (broad SMARTS) is 1. The fourth-order valence-electron chi connectivity index (χ4n) is 7.35. The molecule has 1 aliphatic heterocycles. The molecule has 12 nitrogen and oxygen atoms in total. The second-order valence-electron chi connectivity index (χ2n) is 14.5. The molecule has 0 radical (unpaired) electrons. The van der Waals surface area contributed by atoms with E-state index in [1.165, 1.54) is 30.8 Å². The molecule has 61 heavy (non-hydrogen) atoms. The van der Waals surface area contributed by atoms with E-state index < -0.39 is 12.1 Å². The van der Waals surface area contributed by atoms with E-state index in [9.17, 15) is 9.90 Å². The number of allylic oxidation sites excluding steroid dienone is 2. The first-order valence-electron chi connectivity index (χ1n) is 20.1. The zero-order valence-corrected chi connectivity index (χ0v) is 36.2. The first kappa shape index (κ1) is 43.1. The Labute approximate surface area is 364 Å². The molecule has 1 N–H and O–H groups in total. The van der Waals surface area contributed by atoms with Crippen LogP contribution in [0.15, 0.2) is 103 Å². The van der Waals surface area contributed by atoms with Crippen molar-refractivity contribution in [1.29, 1.82) is 0 Å². The van der Waals surface area contributed by atoms with Crippen molar-refractivity contribution in [3.63, 3.8) is 0 Å². The van der Waals surface area contributed by atoms with Crippen LogP contribution in [-0.4, -0.2) is 81.9 Å². The number of nitrogens with zero attached hydrogens (tertiary/aromatic N) is 5. The minimum absolute atomic E-state index is 0.0581. The predicted octanol–water partition coefficient (Wildman–Crippen LogP) is 10.2. The number of halogens is 1. The van der Waals surface area contributed by atoms with Gasteiger partial charge in [-0.05, 0) is 104 Å². The van der Waals surface area contributed by atoms with E-state index >= 15 is 0 Å². The molecule has 4 heterocycles. The first-order chi connectivity index (χ1) is 29.7. The maximum absolute atomic E-state index is 12.9. The average molecular weight is 862 g/mol. The van der Waals surface area contributed by atoms with Crippen LogP contribution >= 0.6 is 23.1 Å². The number of likely N-dealkylation sites (tertiary alicyclic amines) is 1. The number of aliphatic carboxylic acids is 1. The van der Waals surface area contributed by atoms with Crippen molar-refractivity contribution in [3.05, 3.63) is 119 Å². The normalized spacial score (nSPS) is 13.9. The van der Waals surface area contributed by atoms with E-state index in [0.29, 0.717) is 73.1 Å². The van der Waals surface area contributed by atoms with Crippen LogP contribution in [-0.2, 0) is 16.1 Å². The Kier molecular flexibility index (Phi) is 14.1. The highest BCUT2D eigenvalue weighted by Crippen LogP contribution is 2.46. The average Bonchev–Trinajstić information content (AvgIpc) is 3.71. The monoisotopic (exact) mass is 861 g/mol. The van der Waals surface area contributed by atoms with Crippen LogP contribution in [0.1, 0.15) is 43.9 Å². The Morgan fingerprint density at radius 1 is 1.00 bits per heavy atom. The van der Waals surface area contributed by atoms with Gasteiger partial charge in [0.05, 0.1) is 52.0 Å². The van der Waals surface area contributed by atoms with Gasteiger partial charge in [-0.3, -0.25) is 9.88 Å². The minimum Gasteiger partial charge on any atom is -0.497 e. The number of methoxy groups -OCH3 is 2. The lowest BCUT2D eigenvalue weighted by molar-refractivity contribution is -0.145. The molecular weight excluding hydrogens is 814 g/mol. The van der Waals surface area contributed by atoms with Crippen molar-refractivity contribution in [2.24, 2.45) is 0 Å². The summed E-state index contributed by atoms with van der Waals surface area (Å²) in [6.07, 6.45) is 7.23. The van der Waals surface area contributed by atoms with Gasteiger partial charge in [-0.1, -0.05) is 61.0 Å². The molecule has 3 aromatic heterocycles. The maximum Gasteiger partial charge on any atom is 0.345 e. The van der Waals surface area contributed by atoms with Crippen LogP contribution in [0, 0.1) is 6.92 Å². The van der Waals surface area contributed by atoms with Crippen LogP contribution in [0.5, 0.6) is 23.1 Å². The molecule has 0 unspecified atom stereocenters. The van der Waals surface area contributed by atoms with Crippen molar-refractivity contribution >= 4 is 39.2 Å². The summed E-state index contributed by atoms with van der Waals surface area (Å²) in [5.41, 5.74) is 5.55. The van der Waals surface area contributed by atoms with Crippen molar-refractivity contribution in [3.8, 4) is 56.9 Å². The first-order valence-corrected chi connectivity index (χ1v) is 21.2. The van der Waals surface area contributed by atoms with E-state index in [0.717, 1.165) is 41.9 Å². The van der Waals surface area contributed by atoms with E-state index in [1.807, 2.05) is 67.6 Å². The number of carbonyl (C=O) groups is 1. The molecule has 1 fully saturated rings. The molecule has 14 heteroatoms. The summed E-state index contributed by atoms with van der Waals surface area (Å²) in [5, 5.41) is 11.7. The standard InChI is InChI=1S/C47H48ClN5O7S/c1-6-31(30(3)59-28-33-19-20-49-45(51-33)36-15-8-9-16-37(36)57-5)26-39(47(54)55)60-46-42-40(61-52-46)27-50-44(32-13-12-14-34(25-32)56-4)41(42)35-17-18-38(43(48)29(35)2)58-24-23-53-21-10-7-11-22-53/h6,8-9,12-20,25,27,39H,1,7,10-11,21-24,26,28H2,2-5H3,(H,54,55)/b31-30-/t39-/m1/s1. The lowest BCUT2D eigenvalue weighted by atomic mass is 9.93. The molecule has 0 aliphatic carbocycles. The lowest BCUT2D eigenvalue weighted by Gasteiger charge is -2.26. The maximum atomic E-state index is 12.9. The fraction of sp³-hybridized carbons (Fsp3) is 0.298. The number of para-hydroxylation sites is 1. The molecule has 1 saturated heterocycles. The van der Waals surface area contributed by atoms with Crippen molar-refractivity contribution in [2.45, 2.75) is 52.2 Å². The van der Waals surface area contributed by atoms with Crippen LogP contribution in [0.25, 0.3) is 43.9 Å². The highest BCUT2D eigenvalue weighted by atomic mass is 35.5. The Morgan fingerprint density at radius 2 is 1.82 bits per heavy atom. The molecule has 3 aromatic carbocycles. The van der Waals surface area contributed by atoms with E-state index in [2.05, 4.69) is 25.8 Å². The highest BCUT2D eigenvalue weighted by molar-refractivity contribution is 7.13. The topological polar surface area (TPSA) is 138 Å². The van der Waals surface area contributed by atoms with Gasteiger partial charge in [0, 0.05) is 36.5 Å². The van der Waals surface area contributed by atoms with Gasteiger partial charge in [0.2, 0.25) is 12.0 Å². The third-order valence-electron chi connectivity index (χ3n) is 10.7. The Bertz CT molecular complexity index is 2560. The van der Waals surface area contributed by atoms with Crippen LogP contribution in [0.2, 0.25) is 5.02 Å². The molecule has 1 atom stereocenters. The van der Waals surface area contributed by atoms with Crippen LogP contribution in [0.3, 0.4) is 0 Å². The quantitative estimate of drug-likeness (QED) is 0.0650. The molecule has 0 amide bonds. The van der Waals surface area contributed by atoms with Crippen LogP contribution in [0.4, 0.5) is 0 Å². The number of hydrogen-bond acceptors (Lipinski definition) is 12. The number of benzene rings is 3. The number of pyridine rings is 1. The lowest BCUT2D eigenvalue weighted by Crippen LogP contribution is -2.33. The summed E-state index contributed by atoms with van der Waals surface area (Å²) >= 11 is 8.25. The predicted molar refractivity (Wildman–Crippen MR) is 239 cm³/mol. The number of rotatable bonds is 18. The summed E-state index contributed by atoms with van der Waals surface area (Å²) in [7, 11) is 3.21. The van der Waals surface area contributed by atoms with Gasteiger partial charge < -0.3 is 28.8 Å². The number of aromatic nitrogens is 4. The highest BCUT2D eigenvalue weighted by Gasteiger charge is 2.28. The molecule has 6 aromatic rings. The molecule has 0 bridgehead atoms.